The monoisotopic (exact) mass is 284 g/mol. The number of nitrogens with two attached hydrogens (primary N) is 1. The Balaban J connectivity index is 2.65. The molecule has 0 bridgehead atoms. The highest BCUT2D eigenvalue weighted by atomic mass is 32.2. The second-order valence-electron chi connectivity index (χ2n) is 3.77. The molecule has 1 heterocycles. The number of thioether (sulfide) groups is 1. The summed E-state index contributed by atoms with van der Waals surface area (Å²) in [6.45, 7) is 8.31. The van der Waals surface area contributed by atoms with Gasteiger partial charge in [0.2, 0.25) is 0 Å². The van der Waals surface area contributed by atoms with Crippen molar-refractivity contribution in [1.82, 2.24) is 4.90 Å². The standard InChI is InChI=1S/C12H20N4S2/c1-4-16(5-2)7-6-15-12-11(17-3)10(14)9(8-13)18-12/h15H,4-7,14H2,1-3H3. The highest BCUT2D eigenvalue weighted by Crippen LogP contribution is 2.40. The minimum Gasteiger partial charge on any atom is -0.396 e. The summed E-state index contributed by atoms with van der Waals surface area (Å²) >= 11 is 3.03. The number of nitrogens with zero attached hydrogens (tertiary/aromatic N) is 2. The molecule has 0 atom stereocenters. The quantitative estimate of drug-likeness (QED) is 0.754. The highest BCUT2D eigenvalue weighted by Gasteiger charge is 2.14. The maximum Gasteiger partial charge on any atom is 0.131 e. The Kier molecular flexibility index (Phi) is 6.33. The van der Waals surface area contributed by atoms with Crippen molar-refractivity contribution in [2.45, 2.75) is 18.7 Å². The van der Waals surface area contributed by atoms with Gasteiger partial charge in [0, 0.05) is 13.1 Å². The van der Waals surface area contributed by atoms with Gasteiger partial charge in [0.05, 0.1) is 10.6 Å². The molecule has 0 saturated heterocycles. The van der Waals surface area contributed by atoms with E-state index in [9.17, 15) is 0 Å². The second kappa shape index (κ2) is 7.52. The van der Waals surface area contributed by atoms with Crippen molar-refractivity contribution < 1.29 is 0 Å². The predicted molar refractivity (Wildman–Crippen MR) is 81.5 cm³/mol. The molecule has 0 aliphatic heterocycles. The minimum absolute atomic E-state index is 0.602. The van der Waals surface area contributed by atoms with Gasteiger partial charge in [0.1, 0.15) is 15.9 Å². The molecule has 3 N–H and O–H groups in total. The van der Waals surface area contributed by atoms with Crippen LogP contribution in [-0.4, -0.2) is 37.3 Å². The topological polar surface area (TPSA) is 65.1 Å². The molecule has 0 aromatic carbocycles. The Morgan fingerprint density at radius 3 is 2.61 bits per heavy atom. The van der Waals surface area contributed by atoms with Gasteiger partial charge in [-0.3, -0.25) is 0 Å². The lowest BCUT2D eigenvalue weighted by molar-refractivity contribution is 0.316. The number of thiophene rings is 1. The molecule has 1 rings (SSSR count). The van der Waals surface area contributed by atoms with E-state index >= 15 is 0 Å². The number of nitriles is 1. The van der Waals surface area contributed by atoms with Crippen LogP contribution in [0.3, 0.4) is 0 Å². The van der Waals surface area contributed by atoms with E-state index in [-0.39, 0.29) is 0 Å². The Labute approximate surface area is 117 Å². The molecular formula is C12H20N4S2. The summed E-state index contributed by atoms with van der Waals surface area (Å²) in [7, 11) is 0. The fraction of sp³-hybridized carbons (Fsp3) is 0.583. The van der Waals surface area contributed by atoms with Gasteiger partial charge >= 0.3 is 0 Å². The zero-order valence-corrected chi connectivity index (χ0v) is 12.7. The first-order valence-corrected chi connectivity index (χ1v) is 8.04. The highest BCUT2D eigenvalue weighted by molar-refractivity contribution is 7.99. The van der Waals surface area contributed by atoms with Gasteiger partial charge in [-0.15, -0.1) is 23.1 Å². The lowest BCUT2D eigenvalue weighted by Gasteiger charge is -2.18. The molecule has 0 fully saturated rings. The van der Waals surface area contributed by atoms with Gasteiger partial charge in [-0.2, -0.15) is 5.26 Å². The van der Waals surface area contributed by atoms with Crippen molar-refractivity contribution in [3.8, 4) is 6.07 Å². The van der Waals surface area contributed by atoms with Crippen molar-refractivity contribution in [2.75, 3.05) is 43.5 Å². The Hall–Kier alpha value is -0.900. The van der Waals surface area contributed by atoms with Crippen molar-refractivity contribution in [1.29, 1.82) is 5.26 Å². The van der Waals surface area contributed by atoms with Crippen LogP contribution in [0.4, 0.5) is 10.7 Å². The average molecular weight is 284 g/mol. The van der Waals surface area contributed by atoms with Gasteiger partial charge < -0.3 is 16.0 Å². The van der Waals surface area contributed by atoms with E-state index in [1.54, 1.807) is 11.8 Å². The summed E-state index contributed by atoms with van der Waals surface area (Å²) in [6, 6.07) is 2.14. The molecule has 18 heavy (non-hydrogen) atoms. The number of nitrogens with one attached hydrogen (secondary N) is 1. The Morgan fingerprint density at radius 1 is 1.44 bits per heavy atom. The third kappa shape index (κ3) is 3.55. The van der Waals surface area contributed by atoms with Crippen LogP contribution in [0.1, 0.15) is 18.7 Å². The summed E-state index contributed by atoms with van der Waals surface area (Å²) in [6.07, 6.45) is 1.98. The van der Waals surface area contributed by atoms with E-state index in [0.717, 1.165) is 36.1 Å². The predicted octanol–water partition coefficient (Wildman–Crippen LogP) is 2.68. The molecule has 6 heteroatoms. The number of anilines is 2. The van der Waals surface area contributed by atoms with Crippen LogP contribution in [0.15, 0.2) is 4.90 Å². The van der Waals surface area contributed by atoms with Gasteiger partial charge in [-0.05, 0) is 19.3 Å². The van der Waals surface area contributed by atoms with Crippen LogP contribution >= 0.6 is 23.1 Å². The average Bonchev–Trinajstić information content (AvgIpc) is 2.70. The fourth-order valence-electron chi connectivity index (χ4n) is 1.70. The number of hydrogen-bond donors (Lipinski definition) is 2. The third-order valence-corrected chi connectivity index (χ3v) is 4.84. The number of likely N-dealkylation sites (N-methyl/N-ethyl adjacent to an activating group) is 1. The van der Waals surface area contributed by atoms with Crippen LogP contribution in [0.5, 0.6) is 0 Å². The lowest BCUT2D eigenvalue weighted by atomic mass is 10.4. The molecule has 0 amide bonds. The molecule has 100 valence electrons. The molecule has 0 aliphatic rings. The molecule has 0 unspecified atom stereocenters. The zero-order valence-electron chi connectivity index (χ0n) is 11.1. The first-order chi connectivity index (χ1) is 8.67. The van der Waals surface area contributed by atoms with Gasteiger partial charge in [-0.1, -0.05) is 13.8 Å². The molecule has 1 aromatic heterocycles. The van der Waals surface area contributed by atoms with E-state index in [4.69, 9.17) is 11.0 Å². The lowest BCUT2D eigenvalue weighted by Crippen LogP contribution is -2.28. The Morgan fingerprint density at radius 2 is 2.11 bits per heavy atom. The first kappa shape index (κ1) is 15.2. The molecule has 1 aromatic rings. The summed E-state index contributed by atoms with van der Waals surface area (Å²) in [5.41, 5.74) is 6.54. The smallest absolute Gasteiger partial charge is 0.131 e. The normalized spacial score (nSPS) is 10.6. The molecular weight excluding hydrogens is 264 g/mol. The van der Waals surface area contributed by atoms with Crippen molar-refractivity contribution in [3.05, 3.63) is 4.88 Å². The van der Waals surface area contributed by atoms with Crippen LogP contribution < -0.4 is 11.1 Å². The largest absolute Gasteiger partial charge is 0.396 e. The SMILES string of the molecule is CCN(CC)CCNc1sc(C#N)c(N)c1SC. The van der Waals surface area contributed by atoms with Crippen LogP contribution in [0, 0.1) is 11.3 Å². The second-order valence-corrected chi connectivity index (χ2v) is 5.61. The minimum atomic E-state index is 0.602. The van der Waals surface area contributed by atoms with Gasteiger partial charge in [0.25, 0.3) is 0 Å². The molecule has 4 nitrogen and oxygen atoms in total. The van der Waals surface area contributed by atoms with Gasteiger partial charge in [-0.25, -0.2) is 0 Å². The molecule has 0 radical (unpaired) electrons. The summed E-state index contributed by atoms with van der Waals surface area (Å²) in [5.74, 6) is 0. The molecule has 0 aliphatic carbocycles. The van der Waals surface area contributed by atoms with E-state index in [1.807, 2.05) is 6.26 Å². The summed E-state index contributed by atoms with van der Waals surface area (Å²) in [4.78, 5) is 3.95. The van der Waals surface area contributed by atoms with Crippen LogP contribution in [0.25, 0.3) is 0 Å². The van der Waals surface area contributed by atoms with Crippen LogP contribution in [-0.2, 0) is 0 Å². The first-order valence-electron chi connectivity index (χ1n) is 6.00. The van der Waals surface area contributed by atoms with E-state index < -0.39 is 0 Å². The van der Waals surface area contributed by atoms with Crippen LogP contribution in [0.2, 0.25) is 0 Å². The van der Waals surface area contributed by atoms with E-state index in [1.165, 1.54) is 11.3 Å². The van der Waals surface area contributed by atoms with Crippen molar-refractivity contribution >= 4 is 33.8 Å². The summed E-state index contributed by atoms with van der Waals surface area (Å²) in [5, 5.41) is 13.4. The Bertz CT molecular complexity index is 418. The van der Waals surface area contributed by atoms with Crippen molar-refractivity contribution in [2.24, 2.45) is 0 Å². The molecule has 0 saturated carbocycles. The zero-order chi connectivity index (χ0) is 13.5. The maximum atomic E-state index is 8.98. The van der Waals surface area contributed by atoms with E-state index in [2.05, 4.69) is 30.1 Å². The van der Waals surface area contributed by atoms with Crippen molar-refractivity contribution in [3.63, 3.8) is 0 Å². The number of rotatable bonds is 7. The summed E-state index contributed by atoms with van der Waals surface area (Å²) < 4.78 is 0. The molecule has 0 spiro atoms. The van der Waals surface area contributed by atoms with E-state index in [0.29, 0.717) is 10.6 Å². The number of nitrogen functional groups attached to an aromatic ring is 1. The number of hydrogen-bond acceptors (Lipinski definition) is 6. The van der Waals surface area contributed by atoms with Gasteiger partial charge in [0.15, 0.2) is 0 Å². The maximum absolute atomic E-state index is 8.98. The fourth-order valence-corrected chi connectivity index (χ4v) is 3.56. The third-order valence-electron chi connectivity index (χ3n) is 2.81.